The number of ether oxygens (including phenoxy) is 2. The predicted octanol–water partition coefficient (Wildman–Crippen LogP) is 4.70. The zero-order valence-corrected chi connectivity index (χ0v) is 16.7. The molecule has 1 aromatic heterocycles. The highest BCUT2D eigenvalue weighted by Crippen LogP contribution is 2.27. The summed E-state index contributed by atoms with van der Waals surface area (Å²) in [5, 5.41) is 5.10. The van der Waals surface area contributed by atoms with Crippen molar-refractivity contribution in [1.29, 1.82) is 0 Å². The largest absolute Gasteiger partial charge is 0.474 e. The minimum atomic E-state index is -0.460. The van der Waals surface area contributed by atoms with Crippen molar-refractivity contribution in [2.45, 2.75) is 26.4 Å². The van der Waals surface area contributed by atoms with Crippen LogP contribution in [-0.4, -0.2) is 35.4 Å². The second kappa shape index (κ2) is 9.25. The van der Waals surface area contributed by atoms with Gasteiger partial charge in [0.05, 0.1) is 12.1 Å². The lowest BCUT2D eigenvalue weighted by atomic mass is 10.2. The van der Waals surface area contributed by atoms with Crippen LogP contribution in [0.25, 0.3) is 11.3 Å². The van der Waals surface area contributed by atoms with Gasteiger partial charge in [-0.15, -0.1) is 0 Å². The molecule has 7 heteroatoms. The number of carbonyl (C=O) groups excluding carboxylic acids is 1. The van der Waals surface area contributed by atoms with Crippen molar-refractivity contribution in [3.05, 3.63) is 60.7 Å². The molecule has 0 aliphatic heterocycles. The fraction of sp³-hybridized carbons (Fsp3) is 0.273. The van der Waals surface area contributed by atoms with Gasteiger partial charge in [0, 0.05) is 11.6 Å². The number of rotatable bonds is 9. The predicted molar refractivity (Wildman–Crippen MR) is 108 cm³/mol. The maximum absolute atomic E-state index is 11.1. The first kappa shape index (κ1) is 20.4. The summed E-state index contributed by atoms with van der Waals surface area (Å²) in [4.78, 5) is 16.5. The molecular formula is C22H24N2O5. The highest BCUT2D eigenvalue weighted by atomic mass is 16.7. The third-order valence-corrected chi connectivity index (χ3v) is 3.68. The van der Waals surface area contributed by atoms with Gasteiger partial charge in [0.15, 0.2) is 5.76 Å². The van der Waals surface area contributed by atoms with Gasteiger partial charge in [0.2, 0.25) is 6.41 Å². The number of amides is 1. The summed E-state index contributed by atoms with van der Waals surface area (Å²) in [6.45, 7) is 6.10. The van der Waals surface area contributed by atoms with E-state index in [9.17, 15) is 4.79 Å². The van der Waals surface area contributed by atoms with Gasteiger partial charge < -0.3 is 14.0 Å². The molecule has 1 amide bonds. The van der Waals surface area contributed by atoms with Gasteiger partial charge in [-0.2, -0.15) is 0 Å². The molecule has 3 rings (SSSR count). The maximum Gasteiger partial charge on any atom is 0.254 e. The Morgan fingerprint density at radius 2 is 1.72 bits per heavy atom. The first-order valence-corrected chi connectivity index (χ1v) is 9.27. The number of hydrogen-bond acceptors (Lipinski definition) is 6. The number of carbonyl (C=O) groups is 1. The summed E-state index contributed by atoms with van der Waals surface area (Å²) >= 11 is 0. The Bertz CT molecular complexity index is 901. The quantitative estimate of drug-likeness (QED) is 0.385. The fourth-order valence-corrected chi connectivity index (χ4v) is 2.49. The highest BCUT2D eigenvalue weighted by Gasteiger charge is 2.16. The monoisotopic (exact) mass is 396 g/mol. The molecule has 0 atom stereocenters. The minimum Gasteiger partial charge on any atom is -0.474 e. The lowest BCUT2D eigenvalue weighted by Crippen LogP contribution is -2.35. The molecule has 29 heavy (non-hydrogen) atoms. The van der Waals surface area contributed by atoms with Crippen molar-refractivity contribution in [2.75, 3.05) is 13.2 Å². The standard InChI is InChI=1S/C22H24N2O5/c1-22(2,3)29-24(16-25)13-14-26-21-15-20(28-23-21)17-9-11-19(12-10-17)27-18-7-5-4-6-8-18/h4-12,15-16H,13-14H2,1-3H3. The van der Waals surface area contributed by atoms with Crippen molar-refractivity contribution in [1.82, 2.24) is 10.2 Å². The van der Waals surface area contributed by atoms with Crippen molar-refractivity contribution >= 4 is 6.41 Å². The third kappa shape index (κ3) is 6.36. The Morgan fingerprint density at radius 1 is 1.03 bits per heavy atom. The number of nitrogens with zero attached hydrogens (tertiary/aromatic N) is 2. The van der Waals surface area contributed by atoms with Crippen molar-refractivity contribution in [2.24, 2.45) is 0 Å². The maximum atomic E-state index is 11.1. The average molecular weight is 396 g/mol. The van der Waals surface area contributed by atoms with Crippen LogP contribution >= 0.6 is 0 Å². The van der Waals surface area contributed by atoms with Crippen LogP contribution in [-0.2, 0) is 9.63 Å². The molecule has 3 aromatic rings. The Labute approximate surface area is 169 Å². The van der Waals surface area contributed by atoms with Crippen LogP contribution in [0.4, 0.5) is 0 Å². The van der Waals surface area contributed by atoms with Crippen LogP contribution in [0.2, 0.25) is 0 Å². The topological polar surface area (TPSA) is 74.0 Å². The molecule has 1 heterocycles. The van der Waals surface area contributed by atoms with Gasteiger partial charge in [0.25, 0.3) is 5.88 Å². The van der Waals surface area contributed by atoms with Gasteiger partial charge in [0.1, 0.15) is 18.1 Å². The summed E-state index contributed by atoms with van der Waals surface area (Å²) in [6, 6.07) is 18.7. The molecule has 7 nitrogen and oxygen atoms in total. The van der Waals surface area contributed by atoms with Gasteiger partial charge >= 0.3 is 0 Å². The first-order chi connectivity index (χ1) is 13.9. The molecule has 0 bridgehead atoms. The summed E-state index contributed by atoms with van der Waals surface area (Å²) in [6.07, 6.45) is 0.627. The van der Waals surface area contributed by atoms with E-state index in [4.69, 9.17) is 18.8 Å². The van der Waals surface area contributed by atoms with Gasteiger partial charge in [-0.25, -0.2) is 5.06 Å². The molecule has 0 aliphatic carbocycles. The van der Waals surface area contributed by atoms with Gasteiger partial charge in [-0.05, 0) is 62.3 Å². The zero-order chi connectivity index (χ0) is 20.7. The van der Waals surface area contributed by atoms with Crippen LogP contribution in [0, 0.1) is 0 Å². The molecule has 0 radical (unpaired) electrons. The summed E-state index contributed by atoms with van der Waals surface area (Å²) < 4.78 is 16.7. The molecule has 0 N–H and O–H groups in total. The number of hydroxylamine groups is 2. The molecule has 0 spiro atoms. The average Bonchev–Trinajstić information content (AvgIpc) is 3.16. The van der Waals surface area contributed by atoms with E-state index in [1.54, 1.807) is 6.07 Å². The highest BCUT2D eigenvalue weighted by molar-refractivity contribution is 5.59. The number of benzene rings is 2. The Hall–Kier alpha value is -3.32. The minimum absolute atomic E-state index is 0.227. The summed E-state index contributed by atoms with van der Waals surface area (Å²) in [5.41, 5.74) is 0.386. The van der Waals surface area contributed by atoms with E-state index < -0.39 is 5.60 Å². The molecular weight excluding hydrogens is 372 g/mol. The molecule has 0 unspecified atom stereocenters. The second-order valence-electron chi connectivity index (χ2n) is 7.27. The van der Waals surface area contributed by atoms with Crippen LogP contribution in [0.5, 0.6) is 17.4 Å². The van der Waals surface area contributed by atoms with Crippen LogP contribution in [0.1, 0.15) is 20.8 Å². The Morgan fingerprint density at radius 3 is 2.38 bits per heavy atom. The van der Waals surface area contributed by atoms with Gasteiger partial charge in [-0.3, -0.25) is 9.63 Å². The molecule has 0 fully saturated rings. The fourth-order valence-electron chi connectivity index (χ4n) is 2.49. The molecule has 0 saturated carbocycles. The first-order valence-electron chi connectivity index (χ1n) is 9.27. The smallest absolute Gasteiger partial charge is 0.254 e. The molecule has 0 saturated heterocycles. The van der Waals surface area contributed by atoms with E-state index in [1.165, 1.54) is 5.06 Å². The van der Waals surface area contributed by atoms with Crippen LogP contribution in [0.3, 0.4) is 0 Å². The number of aromatic nitrogens is 1. The van der Waals surface area contributed by atoms with E-state index in [2.05, 4.69) is 5.16 Å². The molecule has 152 valence electrons. The van der Waals surface area contributed by atoms with Crippen LogP contribution < -0.4 is 9.47 Å². The summed E-state index contributed by atoms with van der Waals surface area (Å²) in [7, 11) is 0. The zero-order valence-electron chi connectivity index (χ0n) is 16.7. The van der Waals surface area contributed by atoms with Crippen molar-refractivity contribution in [3.8, 4) is 28.7 Å². The van der Waals surface area contributed by atoms with E-state index in [-0.39, 0.29) is 13.2 Å². The lowest BCUT2D eigenvalue weighted by molar-refractivity contribution is -0.217. The summed E-state index contributed by atoms with van der Waals surface area (Å²) in [5.74, 6) is 2.41. The normalized spacial score (nSPS) is 11.1. The Balaban J connectivity index is 1.53. The van der Waals surface area contributed by atoms with E-state index in [1.807, 2.05) is 75.4 Å². The molecule has 0 aliphatic rings. The third-order valence-electron chi connectivity index (χ3n) is 3.68. The van der Waals surface area contributed by atoms with Gasteiger partial charge in [-0.1, -0.05) is 18.2 Å². The van der Waals surface area contributed by atoms with Crippen LogP contribution in [0.15, 0.2) is 65.2 Å². The number of para-hydroxylation sites is 1. The Kier molecular flexibility index (Phi) is 6.51. The molecule has 2 aromatic carbocycles. The van der Waals surface area contributed by atoms with Crippen molar-refractivity contribution < 1.29 is 23.6 Å². The SMILES string of the molecule is CC(C)(C)ON(C=O)CCOc1cc(-c2ccc(Oc3ccccc3)cc2)on1. The van der Waals surface area contributed by atoms with E-state index >= 15 is 0 Å². The van der Waals surface area contributed by atoms with E-state index in [0.717, 1.165) is 17.1 Å². The lowest BCUT2D eigenvalue weighted by Gasteiger charge is -2.26. The van der Waals surface area contributed by atoms with Crippen molar-refractivity contribution in [3.63, 3.8) is 0 Å². The van der Waals surface area contributed by atoms with E-state index in [0.29, 0.717) is 18.1 Å². The second-order valence-corrected chi connectivity index (χ2v) is 7.27. The number of hydrogen-bond donors (Lipinski definition) is 0.